The van der Waals surface area contributed by atoms with Crippen molar-refractivity contribution in [2.24, 2.45) is 0 Å². The fourth-order valence-corrected chi connectivity index (χ4v) is 3.79. The first-order valence-electron chi connectivity index (χ1n) is 7.75. The summed E-state index contributed by atoms with van der Waals surface area (Å²) in [6.45, 7) is 2.03. The van der Waals surface area contributed by atoms with Crippen molar-refractivity contribution in [3.05, 3.63) is 24.3 Å². The van der Waals surface area contributed by atoms with Gasteiger partial charge in [-0.15, -0.1) is 23.5 Å². The molecule has 1 aromatic carbocycles. The number of carbonyl (C=O) groups excluding carboxylic acids is 1. The maximum Gasteiger partial charge on any atom is 0.237 e. The van der Waals surface area contributed by atoms with Gasteiger partial charge in [0, 0.05) is 16.6 Å². The highest BCUT2D eigenvalue weighted by molar-refractivity contribution is 8.00. The van der Waals surface area contributed by atoms with Crippen molar-refractivity contribution in [3.8, 4) is 6.07 Å². The topological polar surface area (TPSA) is 47.3 Å². The summed E-state index contributed by atoms with van der Waals surface area (Å²) in [5, 5.41) is 8.68. The smallest absolute Gasteiger partial charge is 0.237 e. The molecule has 0 aromatic heterocycles. The Kier molecular flexibility index (Phi) is 7.28. The Bertz CT molecular complexity index is 565. The Morgan fingerprint density at radius 2 is 2.17 bits per heavy atom. The number of amides is 1. The molecule has 124 valence electrons. The highest BCUT2D eigenvalue weighted by Crippen LogP contribution is 2.28. The van der Waals surface area contributed by atoms with Crippen molar-refractivity contribution in [1.29, 1.82) is 5.26 Å². The molecule has 0 aliphatic carbocycles. The lowest BCUT2D eigenvalue weighted by molar-refractivity contribution is -0.116. The molecule has 1 fully saturated rings. The summed E-state index contributed by atoms with van der Waals surface area (Å²) in [6, 6.07) is 10.5. The van der Waals surface area contributed by atoms with Gasteiger partial charge in [0.15, 0.2) is 0 Å². The highest BCUT2D eigenvalue weighted by atomic mass is 32.2. The molecule has 23 heavy (non-hydrogen) atoms. The normalized spacial score (nSPS) is 16.0. The van der Waals surface area contributed by atoms with E-state index in [2.05, 4.69) is 30.1 Å². The van der Waals surface area contributed by atoms with E-state index in [9.17, 15) is 4.79 Å². The van der Waals surface area contributed by atoms with E-state index in [-0.39, 0.29) is 11.9 Å². The average Bonchev–Trinajstić information content (AvgIpc) is 2.57. The van der Waals surface area contributed by atoms with Crippen molar-refractivity contribution in [3.63, 3.8) is 0 Å². The Morgan fingerprint density at radius 1 is 1.43 bits per heavy atom. The zero-order chi connectivity index (χ0) is 16.7. The van der Waals surface area contributed by atoms with Crippen LogP contribution in [-0.2, 0) is 4.79 Å². The summed E-state index contributed by atoms with van der Waals surface area (Å²) in [7, 11) is 2.12. The molecule has 0 radical (unpaired) electrons. The number of hydrogen-bond donors (Lipinski definition) is 0. The van der Waals surface area contributed by atoms with E-state index < -0.39 is 0 Å². The van der Waals surface area contributed by atoms with Crippen LogP contribution in [-0.4, -0.2) is 54.7 Å². The van der Waals surface area contributed by atoms with E-state index in [1.54, 1.807) is 11.8 Å². The summed E-state index contributed by atoms with van der Waals surface area (Å²) in [5.41, 5.74) is 0.981. The van der Waals surface area contributed by atoms with Gasteiger partial charge in [0.05, 0.1) is 17.6 Å². The van der Waals surface area contributed by atoms with Gasteiger partial charge in [-0.3, -0.25) is 4.79 Å². The number of rotatable bonds is 6. The van der Waals surface area contributed by atoms with E-state index in [0.29, 0.717) is 11.5 Å². The van der Waals surface area contributed by atoms with Gasteiger partial charge in [0.25, 0.3) is 0 Å². The number of hydrogen-bond acceptors (Lipinski definition) is 5. The molecule has 0 bridgehead atoms. The van der Waals surface area contributed by atoms with Crippen molar-refractivity contribution >= 4 is 35.1 Å². The molecule has 1 aliphatic rings. The summed E-state index contributed by atoms with van der Waals surface area (Å²) in [4.78, 5) is 18.2. The maximum absolute atomic E-state index is 12.8. The molecule has 0 N–H and O–H groups in total. The molecule has 4 nitrogen and oxygen atoms in total. The molecule has 0 saturated carbocycles. The third-order valence-electron chi connectivity index (χ3n) is 4.05. The summed E-state index contributed by atoms with van der Waals surface area (Å²) in [5.74, 6) is 0.833. The SMILES string of the molecule is CSc1cccc(N(C(=O)CSCC#N)C2CCN(C)CC2)c1. The minimum atomic E-state index is 0.109. The number of anilines is 1. The van der Waals surface area contributed by atoms with Crippen molar-refractivity contribution in [2.75, 3.05) is 42.8 Å². The van der Waals surface area contributed by atoms with Gasteiger partial charge in [-0.05, 0) is 57.4 Å². The number of nitriles is 1. The lowest BCUT2D eigenvalue weighted by Gasteiger charge is -2.37. The Balaban J connectivity index is 2.19. The molecule has 1 amide bonds. The van der Waals surface area contributed by atoms with Crippen molar-refractivity contribution in [1.82, 2.24) is 4.90 Å². The Labute approximate surface area is 147 Å². The summed E-state index contributed by atoms with van der Waals surface area (Å²) < 4.78 is 0. The molecular formula is C17H23N3OS2. The number of nitrogens with zero attached hydrogens (tertiary/aromatic N) is 3. The molecule has 0 unspecified atom stereocenters. The van der Waals surface area contributed by atoms with Crippen LogP contribution in [0.3, 0.4) is 0 Å². The molecule has 1 saturated heterocycles. The fourth-order valence-electron chi connectivity index (χ4n) is 2.83. The van der Waals surface area contributed by atoms with E-state index in [0.717, 1.165) is 36.5 Å². The van der Waals surface area contributed by atoms with E-state index in [1.807, 2.05) is 23.3 Å². The van der Waals surface area contributed by atoms with Gasteiger partial charge in [-0.2, -0.15) is 5.26 Å². The lowest BCUT2D eigenvalue weighted by atomic mass is 10.0. The number of piperidine rings is 1. The minimum Gasteiger partial charge on any atom is -0.309 e. The van der Waals surface area contributed by atoms with Crippen molar-refractivity contribution in [2.45, 2.75) is 23.8 Å². The summed E-state index contributed by atoms with van der Waals surface area (Å²) >= 11 is 3.08. The second-order valence-corrected chi connectivity index (χ2v) is 7.52. The summed E-state index contributed by atoms with van der Waals surface area (Å²) in [6.07, 6.45) is 4.03. The zero-order valence-corrected chi connectivity index (χ0v) is 15.3. The molecule has 6 heteroatoms. The Hall–Kier alpha value is -1.16. The van der Waals surface area contributed by atoms with Crippen LogP contribution in [0.4, 0.5) is 5.69 Å². The Morgan fingerprint density at radius 3 is 2.83 bits per heavy atom. The lowest BCUT2D eigenvalue weighted by Crippen LogP contribution is -2.47. The minimum absolute atomic E-state index is 0.109. The highest BCUT2D eigenvalue weighted by Gasteiger charge is 2.28. The predicted molar refractivity (Wildman–Crippen MR) is 99.2 cm³/mol. The van der Waals surface area contributed by atoms with Gasteiger partial charge in [0.2, 0.25) is 5.91 Å². The van der Waals surface area contributed by atoms with Crippen LogP contribution < -0.4 is 4.90 Å². The largest absolute Gasteiger partial charge is 0.309 e. The first kappa shape index (κ1) is 18.2. The van der Waals surface area contributed by atoms with Crippen LogP contribution >= 0.6 is 23.5 Å². The third kappa shape index (κ3) is 5.17. The van der Waals surface area contributed by atoms with Crippen LogP contribution in [0, 0.1) is 11.3 Å². The second kappa shape index (κ2) is 9.21. The first-order chi connectivity index (χ1) is 11.2. The van der Waals surface area contributed by atoms with E-state index in [4.69, 9.17) is 5.26 Å². The van der Waals surface area contributed by atoms with Gasteiger partial charge >= 0.3 is 0 Å². The van der Waals surface area contributed by atoms with Gasteiger partial charge in [-0.25, -0.2) is 0 Å². The number of benzene rings is 1. The molecule has 1 heterocycles. The molecule has 0 spiro atoms. The maximum atomic E-state index is 12.8. The predicted octanol–water partition coefficient (Wildman–Crippen LogP) is 3.09. The van der Waals surface area contributed by atoms with Crippen LogP contribution in [0.2, 0.25) is 0 Å². The van der Waals surface area contributed by atoms with Crippen LogP contribution in [0.15, 0.2) is 29.2 Å². The number of carbonyl (C=O) groups is 1. The van der Waals surface area contributed by atoms with Crippen LogP contribution in [0.5, 0.6) is 0 Å². The first-order valence-corrected chi connectivity index (χ1v) is 10.1. The van der Waals surface area contributed by atoms with Crippen LogP contribution in [0.1, 0.15) is 12.8 Å². The third-order valence-corrected chi connectivity index (χ3v) is 5.56. The molecular weight excluding hydrogens is 326 g/mol. The quantitative estimate of drug-likeness (QED) is 0.583. The van der Waals surface area contributed by atoms with Crippen molar-refractivity contribution < 1.29 is 4.79 Å². The van der Waals surface area contributed by atoms with Gasteiger partial charge in [0.1, 0.15) is 0 Å². The fraction of sp³-hybridized carbons (Fsp3) is 0.529. The molecule has 1 aromatic rings. The van der Waals surface area contributed by atoms with Gasteiger partial charge in [-0.1, -0.05) is 6.07 Å². The average molecular weight is 350 g/mol. The molecule has 1 aliphatic heterocycles. The number of thioether (sulfide) groups is 2. The number of likely N-dealkylation sites (tertiary alicyclic amines) is 1. The molecule has 2 rings (SSSR count). The van der Waals surface area contributed by atoms with E-state index in [1.165, 1.54) is 11.8 Å². The zero-order valence-electron chi connectivity index (χ0n) is 13.7. The van der Waals surface area contributed by atoms with Gasteiger partial charge < -0.3 is 9.80 Å². The monoisotopic (exact) mass is 349 g/mol. The van der Waals surface area contributed by atoms with Crippen LogP contribution in [0.25, 0.3) is 0 Å². The molecule has 0 atom stereocenters. The van der Waals surface area contributed by atoms with E-state index >= 15 is 0 Å². The standard InChI is InChI=1S/C17H23N3OS2/c1-19-9-6-14(7-10-19)20(17(21)13-23-11-8-18)15-4-3-5-16(12-15)22-2/h3-5,12,14H,6-7,9-11,13H2,1-2H3. The second-order valence-electron chi connectivity index (χ2n) is 5.65.